The van der Waals surface area contributed by atoms with Crippen molar-refractivity contribution in [2.45, 2.75) is 39.8 Å². The van der Waals surface area contributed by atoms with E-state index in [0.717, 1.165) is 50.4 Å². The minimum Gasteiger partial charge on any atom is -0.324 e. The van der Waals surface area contributed by atoms with Gasteiger partial charge in [0.1, 0.15) is 0 Å². The van der Waals surface area contributed by atoms with Gasteiger partial charge in [-0.2, -0.15) is 0 Å². The predicted octanol–water partition coefficient (Wildman–Crippen LogP) is 3.84. The first-order valence-corrected chi connectivity index (χ1v) is 9.91. The van der Waals surface area contributed by atoms with Crippen molar-refractivity contribution in [2.75, 3.05) is 31.5 Å². The number of benzene rings is 2. The summed E-state index contributed by atoms with van der Waals surface area (Å²) >= 11 is 0. The first-order chi connectivity index (χ1) is 13.0. The number of amides is 1. The average molecular weight is 366 g/mol. The zero-order chi connectivity index (χ0) is 19.2. The van der Waals surface area contributed by atoms with Crippen LogP contribution in [0.4, 0.5) is 5.69 Å². The van der Waals surface area contributed by atoms with Crippen LogP contribution in [0.3, 0.4) is 0 Å². The predicted molar refractivity (Wildman–Crippen MR) is 112 cm³/mol. The number of hydrogen-bond donors (Lipinski definition) is 1. The summed E-state index contributed by atoms with van der Waals surface area (Å²) in [6, 6.07) is 16.6. The molecule has 1 amide bonds. The standard InChI is InChI=1S/C23H31N3O/c1-18-10-11-22(19(2)16-18)24-23(27)20(3)26-13-7-12-25(14-15-26)17-21-8-5-4-6-9-21/h4-6,8-11,16,20H,7,12-15,17H2,1-3H3,(H,24,27). The fourth-order valence-electron chi connectivity index (χ4n) is 3.73. The van der Waals surface area contributed by atoms with E-state index in [1.807, 2.05) is 26.0 Å². The number of hydrogen-bond acceptors (Lipinski definition) is 3. The van der Waals surface area contributed by atoms with Gasteiger partial charge in [-0.05, 0) is 50.9 Å². The molecule has 1 aliphatic heterocycles. The number of rotatable bonds is 5. The second-order valence-electron chi connectivity index (χ2n) is 7.63. The largest absolute Gasteiger partial charge is 0.324 e. The van der Waals surface area contributed by atoms with Crippen LogP contribution in [0.1, 0.15) is 30.0 Å². The normalized spacial score (nSPS) is 17.3. The topological polar surface area (TPSA) is 35.6 Å². The lowest BCUT2D eigenvalue weighted by atomic mass is 10.1. The monoisotopic (exact) mass is 365 g/mol. The van der Waals surface area contributed by atoms with Crippen molar-refractivity contribution in [3.05, 3.63) is 65.2 Å². The molecule has 4 heteroatoms. The lowest BCUT2D eigenvalue weighted by Gasteiger charge is -2.27. The van der Waals surface area contributed by atoms with E-state index in [4.69, 9.17) is 0 Å². The van der Waals surface area contributed by atoms with E-state index in [1.165, 1.54) is 11.1 Å². The van der Waals surface area contributed by atoms with Gasteiger partial charge in [-0.3, -0.25) is 14.6 Å². The smallest absolute Gasteiger partial charge is 0.241 e. The Bertz CT molecular complexity index is 759. The third kappa shape index (κ3) is 5.41. The van der Waals surface area contributed by atoms with Gasteiger partial charge < -0.3 is 5.32 Å². The second kappa shape index (κ2) is 9.16. The molecule has 0 saturated carbocycles. The number of carbonyl (C=O) groups excluding carboxylic acids is 1. The fourth-order valence-corrected chi connectivity index (χ4v) is 3.73. The molecule has 1 N–H and O–H groups in total. The molecule has 1 unspecified atom stereocenters. The van der Waals surface area contributed by atoms with Gasteiger partial charge >= 0.3 is 0 Å². The van der Waals surface area contributed by atoms with Gasteiger partial charge in [0.15, 0.2) is 0 Å². The van der Waals surface area contributed by atoms with Gasteiger partial charge in [0, 0.05) is 31.9 Å². The van der Waals surface area contributed by atoms with Crippen molar-refractivity contribution in [1.29, 1.82) is 0 Å². The molecule has 1 fully saturated rings. The van der Waals surface area contributed by atoms with Gasteiger partial charge in [0.2, 0.25) is 5.91 Å². The van der Waals surface area contributed by atoms with E-state index >= 15 is 0 Å². The van der Waals surface area contributed by atoms with Crippen molar-refractivity contribution in [3.63, 3.8) is 0 Å². The van der Waals surface area contributed by atoms with Crippen LogP contribution in [-0.4, -0.2) is 47.9 Å². The first-order valence-electron chi connectivity index (χ1n) is 9.91. The van der Waals surface area contributed by atoms with E-state index in [9.17, 15) is 4.79 Å². The molecule has 0 aromatic heterocycles. The van der Waals surface area contributed by atoms with Crippen LogP contribution in [0.2, 0.25) is 0 Å². The SMILES string of the molecule is Cc1ccc(NC(=O)C(C)N2CCCN(Cc3ccccc3)CC2)c(C)c1. The summed E-state index contributed by atoms with van der Waals surface area (Å²) in [5.74, 6) is 0.0819. The van der Waals surface area contributed by atoms with Crippen molar-refractivity contribution in [2.24, 2.45) is 0 Å². The minimum absolute atomic E-state index is 0.0819. The highest BCUT2D eigenvalue weighted by molar-refractivity contribution is 5.95. The van der Waals surface area contributed by atoms with E-state index in [1.54, 1.807) is 0 Å². The molecule has 2 aromatic carbocycles. The Kier molecular flexibility index (Phi) is 6.64. The molecule has 0 spiro atoms. The summed E-state index contributed by atoms with van der Waals surface area (Å²) in [6.07, 6.45) is 1.09. The first kappa shape index (κ1) is 19.6. The Labute approximate surface area is 163 Å². The molecule has 3 rings (SSSR count). The quantitative estimate of drug-likeness (QED) is 0.874. The van der Waals surface area contributed by atoms with Crippen LogP contribution in [0.5, 0.6) is 0 Å². The molecule has 4 nitrogen and oxygen atoms in total. The maximum Gasteiger partial charge on any atom is 0.241 e. The van der Waals surface area contributed by atoms with Crippen LogP contribution in [0.15, 0.2) is 48.5 Å². The highest BCUT2D eigenvalue weighted by Gasteiger charge is 2.24. The Balaban J connectivity index is 1.55. The van der Waals surface area contributed by atoms with Crippen molar-refractivity contribution in [3.8, 4) is 0 Å². The molecule has 0 aliphatic carbocycles. The summed E-state index contributed by atoms with van der Waals surface area (Å²) in [5, 5.41) is 3.11. The lowest BCUT2D eigenvalue weighted by molar-refractivity contribution is -0.120. The highest BCUT2D eigenvalue weighted by Crippen LogP contribution is 2.17. The molecule has 2 aromatic rings. The Morgan fingerprint density at radius 2 is 1.81 bits per heavy atom. The van der Waals surface area contributed by atoms with Crippen LogP contribution in [0.25, 0.3) is 0 Å². The lowest BCUT2D eigenvalue weighted by Crippen LogP contribution is -2.44. The van der Waals surface area contributed by atoms with E-state index in [0.29, 0.717) is 0 Å². The Morgan fingerprint density at radius 1 is 1.04 bits per heavy atom. The third-order valence-electron chi connectivity index (χ3n) is 5.44. The zero-order valence-corrected chi connectivity index (χ0v) is 16.7. The van der Waals surface area contributed by atoms with Crippen LogP contribution < -0.4 is 5.32 Å². The molecule has 1 heterocycles. The Morgan fingerprint density at radius 3 is 2.56 bits per heavy atom. The van der Waals surface area contributed by atoms with E-state index < -0.39 is 0 Å². The van der Waals surface area contributed by atoms with Gasteiger partial charge in [0.05, 0.1) is 6.04 Å². The Hall–Kier alpha value is -2.17. The molecule has 0 radical (unpaired) electrons. The maximum atomic E-state index is 12.8. The summed E-state index contributed by atoms with van der Waals surface area (Å²) in [6.45, 7) is 11.1. The second-order valence-corrected chi connectivity index (χ2v) is 7.63. The number of anilines is 1. The zero-order valence-electron chi connectivity index (χ0n) is 16.7. The maximum absolute atomic E-state index is 12.8. The molecular weight excluding hydrogens is 334 g/mol. The average Bonchev–Trinajstić information content (AvgIpc) is 2.90. The number of nitrogens with zero attached hydrogens (tertiary/aromatic N) is 2. The summed E-state index contributed by atoms with van der Waals surface area (Å²) < 4.78 is 0. The van der Waals surface area contributed by atoms with Gasteiger partial charge in [0.25, 0.3) is 0 Å². The summed E-state index contributed by atoms with van der Waals surface area (Å²) in [4.78, 5) is 17.6. The van der Waals surface area contributed by atoms with Crippen molar-refractivity contribution >= 4 is 11.6 Å². The van der Waals surface area contributed by atoms with Crippen LogP contribution >= 0.6 is 0 Å². The number of nitrogens with one attached hydrogen (secondary N) is 1. The van der Waals surface area contributed by atoms with Crippen LogP contribution in [-0.2, 0) is 11.3 Å². The molecule has 27 heavy (non-hydrogen) atoms. The summed E-state index contributed by atoms with van der Waals surface area (Å²) in [5.41, 5.74) is 4.59. The fraction of sp³-hybridized carbons (Fsp3) is 0.435. The minimum atomic E-state index is -0.123. The third-order valence-corrected chi connectivity index (χ3v) is 5.44. The van der Waals surface area contributed by atoms with Crippen molar-refractivity contribution in [1.82, 2.24) is 9.80 Å². The molecule has 0 bridgehead atoms. The number of aryl methyl sites for hydroxylation is 2. The molecule has 1 saturated heterocycles. The van der Waals surface area contributed by atoms with E-state index in [-0.39, 0.29) is 11.9 Å². The van der Waals surface area contributed by atoms with E-state index in [2.05, 4.69) is 58.4 Å². The van der Waals surface area contributed by atoms with Gasteiger partial charge in [-0.1, -0.05) is 48.0 Å². The molecule has 144 valence electrons. The van der Waals surface area contributed by atoms with Crippen molar-refractivity contribution < 1.29 is 4.79 Å². The highest BCUT2D eigenvalue weighted by atomic mass is 16.2. The van der Waals surface area contributed by atoms with Crippen LogP contribution in [0, 0.1) is 13.8 Å². The molecule has 1 atom stereocenters. The summed E-state index contributed by atoms with van der Waals surface area (Å²) in [7, 11) is 0. The van der Waals surface area contributed by atoms with Gasteiger partial charge in [-0.25, -0.2) is 0 Å². The number of carbonyl (C=O) groups is 1. The van der Waals surface area contributed by atoms with Gasteiger partial charge in [-0.15, -0.1) is 0 Å². The molecule has 1 aliphatic rings. The molecular formula is C23H31N3O.